The van der Waals surface area contributed by atoms with E-state index >= 15 is 0 Å². The molecule has 5 aliphatic carbocycles. The van der Waals surface area contributed by atoms with Crippen molar-refractivity contribution in [2.75, 3.05) is 26.4 Å². The maximum Gasteiger partial charge on any atom is 0.317 e. The Morgan fingerprint density at radius 3 is 1.21 bits per heavy atom. The van der Waals surface area contributed by atoms with Crippen molar-refractivity contribution in [1.82, 2.24) is 0 Å². The van der Waals surface area contributed by atoms with Gasteiger partial charge in [-0.2, -0.15) is 0 Å². The first kappa shape index (κ1) is 77.9. The van der Waals surface area contributed by atoms with Crippen LogP contribution < -0.4 is 0 Å². The summed E-state index contributed by atoms with van der Waals surface area (Å²) < 4.78 is 75.4. The monoisotopic (exact) mass is 1430 g/mol. The molecule has 0 aromatic rings. The minimum absolute atomic E-state index is 0.0848. The zero-order chi connectivity index (χ0) is 71.4. The van der Waals surface area contributed by atoms with Crippen molar-refractivity contribution < 1.29 is 177 Å². The van der Waals surface area contributed by atoms with E-state index in [4.69, 9.17) is 66.7 Å². The lowest BCUT2D eigenvalue weighted by molar-refractivity contribution is -0.380. The molecule has 10 aliphatic rings. The predicted octanol–water partition coefficient (Wildman–Crippen LogP) is -7.73. The summed E-state index contributed by atoms with van der Waals surface area (Å²) in [4.78, 5) is 62.9. The molecule has 99 heavy (non-hydrogen) atoms. The van der Waals surface area contributed by atoms with E-state index in [0.717, 1.165) is 0 Å². The van der Waals surface area contributed by atoms with Crippen LogP contribution in [0.2, 0.25) is 0 Å². The van der Waals surface area contributed by atoms with Gasteiger partial charge in [0.2, 0.25) is 0 Å². The Kier molecular flexibility index (Phi) is 27.1. The van der Waals surface area contributed by atoms with Gasteiger partial charge in [-0.15, -0.1) is 0 Å². The molecule has 0 aromatic carbocycles. The molecule has 36 nitrogen and oxygen atoms in total. The average molecular weight is 1430 g/mol. The zero-order valence-electron chi connectivity index (χ0n) is 54.3. The number of aliphatic carboxylic acids is 1. The number of aliphatic hydroxyl groups excluding tert-OH is 17. The first-order chi connectivity index (χ1) is 47.0. The number of fused-ring (bicyclic) bond motifs is 1. The fraction of sp³-hybridized carbons (Fsp3) is 0.921. The number of esters is 4. The smallest absolute Gasteiger partial charge is 0.317 e. The van der Waals surface area contributed by atoms with Crippen LogP contribution in [0.4, 0.5) is 0 Å². The number of carboxylic acid groups (broad SMARTS) is 1. The van der Waals surface area contributed by atoms with Gasteiger partial charge in [-0.1, -0.05) is 0 Å². The highest BCUT2D eigenvalue weighted by molar-refractivity contribution is 5.90. The predicted molar refractivity (Wildman–Crippen MR) is 318 cm³/mol. The maximum absolute atomic E-state index is 13.9. The third-order valence-corrected chi connectivity index (χ3v) is 21.5. The molecule has 0 spiro atoms. The van der Waals surface area contributed by atoms with E-state index in [1.165, 1.54) is 0 Å². The number of carboxylic acids is 1. The third-order valence-electron chi connectivity index (χ3n) is 21.5. The van der Waals surface area contributed by atoms with Crippen LogP contribution in [0.1, 0.15) is 116 Å². The fourth-order valence-electron chi connectivity index (χ4n) is 15.4. The molecule has 36 heteroatoms. The second-order valence-electron chi connectivity index (χ2n) is 28.4. The first-order valence-electron chi connectivity index (χ1n) is 34.4. The number of ether oxygens (including phenoxy) is 13. The Bertz CT molecular complexity index is 2610. The van der Waals surface area contributed by atoms with E-state index in [1.807, 2.05) is 0 Å². The number of rotatable bonds is 22. The Morgan fingerprint density at radius 2 is 0.758 bits per heavy atom. The van der Waals surface area contributed by atoms with Crippen LogP contribution in [0, 0.1) is 29.6 Å². The largest absolute Gasteiger partial charge is 0.481 e. The van der Waals surface area contributed by atoms with E-state index in [-0.39, 0.29) is 57.8 Å². The van der Waals surface area contributed by atoms with Crippen molar-refractivity contribution in [2.45, 2.75) is 306 Å². The van der Waals surface area contributed by atoms with Gasteiger partial charge < -0.3 is 153 Å². The highest BCUT2D eigenvalue weighted by atomic mass is 16.8. The van der Waals surface area contributed by atoms with Crippen LogP contribution >= 0.6 is 0 Å². The molecule has 19 N–H and O–H groups in total. The normalized spacial score (nSPS) is 47.6. The molecule has 0 aromatic heterocycles. The van der Waals surface area contributed by atoms with E-state index in [9.17, 15) is 111 Å². The number of aliphatic hydroxyl groups is 19. The molecule has 28 unspecified atom stereocenters. The molecule has 5 aliphatic heterocycles. The van der Waals surface area contributed by atoms with Crippen LogP contribution in [-0.2, 0) is 80.8 Å². The summed E-state index contributed by atoms with van der Waals surface area (Å²) in [6.45, 7) is -2.64. The highest BCUT2D eigenvalue weighted by Gasteiger charge is 2.59. The molecule has 0 radical (unpaired) electrons. The highest BCUT2D eigenvalue weighted by Crippen LogP contribution is 2.45. The second kappa shape index (κ2) is 34.5. The molecule has 10 rings (SSSR count). The van der Waals surface area contributed by atoms with Gasteiger partial charge in [-0.3, -0.25) is 24.0 Å². The topological polar surface area (TPSA) is 573 Å². The zero-order valence-corrected chi connectivity index (χ0v) is 54.3. The van der Waals surface area contributed by atoms with E-state index in [2.05, 4.69) is 0 Å². The van der Waals surface area contributed by atoms with Crippen LogP contribution in [0.15, 0.2) is 0 Å². The first-order valence-corrected chi connectivity index (χ1v) is 34.4. The van der Waals surface area contributed by atoms with Crippen molar-refractivity contribution in [3.63, 3.8) is 0 Å². The molecule has 0 amide bonds. The summed E-state index contributed by atoms with van der Waals surface area (Å²) in [6.07, 6.45) is -46.0. The minimum atomic E-state index is -2.09. The SMILES string of the molecule is O=C(O)CC(=O)OCC1OC(OC2CC3C(O)CC(OC4OC(COC(=O)C5CCC(OC6OC(COC(=O)C7CCC(O)CC7)C(O)C(O)C6O)CC5)C(O)C(O)C4OC4OC(COC(=O)C5CCC(O)CC5)C(O)C(O)C4O)CC3[OH+]C2C2CC(O)C(O)C(O)C2)C(O)C(O)C1O. The van der Waals surface area contributed by atoms with Crippen molar-refractivity contribution >= 4 is 29.8 Å². The van der Waals surface area contributed by atoms with Gasteiger partial charge in [0.15, 0.2) is 37.4 Å². The molecule has 5 saturated carbocycles. The summed E-state index contributed by atoms with van der Waals surface area (Å²) >= 11 is 0. The molecule has 5 saturated heterocycles. The number of carbonyl (C=O) groups is 5. The van der Waals surface area contributed by atoms with Gasteiger partial charge >= 0.3 is 29.8 Å². The summed E-state index contributed by atoms with van der Waals surface area (Å²) in [5.74, 6) is -8.17. The molecule has 28 atom stereocenters. The average Bonchev–Trinajstić information content (AvgIpc) is 0.769. The van der Waals surface area contributed by atoms with E-state index in [1.54, 1.807) is 0 Å². The summed E-state index contributed by atoms with van der Waals surface area (Å²) in [5, 5.41) is 196. The number of hydrogen-bond acceptors (Lipinski definition) is 34. The van der Waals surface area contributed by atoms with Crippen molar-refractivity contribution in [3.8, 4) is 0 Å². The molecule has 566 valence electrons. The van der Waals surface area contributed by atoms with Gasteiger partial charge in [0, 0.05) is 18.8 Å². The quantitative estimate of drug-likeness (QED) is 0.0207. The second-order valence-corrected chi connectivity index (χ2v) is 28.4. The van der Waals surface area contributed by atoms with Crippen molar-refractivity contribution in [2.24, 2.45) is 29.6 Å². The molecule has 0 bridgehead atoms. The van der Waals surface area contributed by atoms with E-state index in [0.29, 0.717) is 51.4 Å². The summed E-state index contributed by atoms with van der Waals surface area (Å²) in [6, 6.07) is 0. The van der Waals surface area contributed by atoms with E-state index < -0.39 is 282 Å². The van der Waals surface area contributed by atoms with Crippen LogP contribution in [0.25, 0.3) is 0 Å². The molecular weight excluding hydrogens is 1330 g/mol. The van der Waals surface area contributed by atoms with Crippen LogP contribution in [-0.4, -0.2) is 343 Å². The lowest BCUT2D eigenvalue weighted by Gasteiger charge is -2.50. The molecule has 5 heterocycles. The fourth-order valence-corrected chi connectivity index (χ4v) is 15.4. The Balaban J connectivity index is 0.813. The van der Waals surface area contributed by atoms with Crippen LogP contribution in [0.5, 0.6) is 0 Å². The van der Waals surface area contributed by atoms with Crippen molar-refractivity contribution in [3.05, 3.63) is 0 Å². The van der Waals surface area contributed by atoms with Crippen LogP contribution in [0.3, 0.4) is 0 Å². The van der Waals surface area contributed by atoms with Gasteiger partial charge in [-0.25, -0.2) is 0 Å². The standard InChI is InChI=1S/C63H98O36/c64-27-7-1-23(2-8-27)57(84)88-20-38-45(74)48(77)52(81)60(95-38)91-29-11-5-25(6-12-29)59(86)90-22-40-47(76)51(80)56(99-62-54(83)50(79)46(75)39(97-62)21-89-58(85)24-3-9-28(65)10-4-24)63(98-40)92-30-15-32(66)31-17-36(55(93-35(31)16-30)26-13-33(67)43(72)34(68)14-26)94-61-53(82)49(78)44(73)37(96-61)19-87-42(71)18-41(69)70/h23-40,43-56,60-68,72-83H,1-22H2,(H,69,70)/p+1. The maximum atomic E-state index is 13.9. The number of carbonyl (C=O) groups excluding carboxylic acids is 4. The lowest BCUT2D eigenvalue weighted by Crippen LogP contribution is -2.65. The Morgan fingerprint density at radius 1 is 0.364 bits per heavy atom. The lowest BCUT2D eigenvalue weighted by atomic mass is 9.72. The Labute approximate surface area is 567 Å². The van der Waals surface area contributed by atoms with Gasteiger partial charge in [0.05, 0.1) is 66.4 Å². The van der Waals surface area contributed by atoms with Gasteiger partial charge in [0.25, 0.3) is 0 Å². The van der Waals surface area contributed by atoms with Crippen molar-refractivity contribution in [1.29, 1.82) is 0 Å². The summed E-state index contributed by atoms with van der Waals surface area (Å²) in [7, 11) is 0. The molecular formula is C63H99O36+. The Hall–Kier alpha value is -3.69. The summed E-state index contributed by atoms with van der Waals surface area (Å²) in [5.41, 5.74) is 0. The van der Waals surface area contributed by atoms with Gasteiger partial charge in [-0.05, 0) is 96.3 Å². The molecule has 10 fully saturated rings. The van der Waals surface area contributed by atoms with Gasteiger partial charge in [0.1, 0.15) is 143 Å². The number of hydrogen-bond donors (Lipinski definition) is 18. The minimum Gasteiger partial charge on any atom is -0.481 e. The third kappa shape index (κ3) is 18.9.